The van der Waals surface area contributed by atoms with Crippen LogP contribution >= 0.6 is 0 Å². The van der Waals surface area contributed by atoms with Gasteiger partial charge >= 0.3 is 0 Å². The van der Waals surface area contributed by atoms with Crippen LogP contribution in [0.2, 0.25) is 0 Å². The van der Waals surface area contributed by atoms with E-state index in [1.807, 2.05) is 13.8 Å². The van der Waals surface area contributed by atoms with Crippen molar-refractivity contribution in [2.45, 2.75) is 32.7 Å². The lowest BCUT2D eigenvalue weighted by Crippen LogP contribution is -2.40. The zero-order valence-corrected chi connectivity index (χ0v) is 9.45. The summed E-state index contributed by atoms with van der Waals surface area (Å²) >= 11 is 0. The summed E-state index contributed by atoms with van der Waals surface area (Å²) in [7, 11) is 1.78. The van der Waals surface area contributed by atoms with Crippen LogP contribution in [0.3, 0.4) is 0 Å². The van der Waals surface area contributed by atoms with Gasteiger partial charge in [-0.15, -0.1) is 0 Å². The first-order valence-corrected chi connectivity index (χ1v) is 5.17. The van der Waals surface area contributed by atoms with Crippen LogP contribution in [0.1, 0.15) is 26.7 Å². The summed E-state index contributed by atoms with van der Waals surface area (Å²) in [6, 6.07) is 0.105. The van der Waals surface area contributed by atoms with Crippen LogP contribution in [0.25, 0.3) is 0 Å². The van der Waals surface area contributed by atoms with E-state index in [-0.39, 0.29) is 11.9 Å². The minimum atomic E-state index is 0.0963. The smallest absolute Gasteiger partial charge is 0.224 e. The Labute approximate surface area is 86.4 Å². The molecule has 0 bridgehead atoms. The van der Waals surface area contributed by atoms with Gasteiger partial charge in [-0.25, -0.2) is 0 Å². The second-order valence-corrected chi connectivity index (χ2v) is 3.45. The van der Waals surface area contributed by atoms with Crippen LogP contribution in [0.5, 0.6) is 0 Å². The first kappa shape index (κ1) is 13.4. The fraction of sp³-hybridized carbons (Fsp3) is 0.900. The first-order valence-electron chi connectivity index (χ1n) is 5.17. The Bertz CT molecular complexity index is 162. The molecule has 0 fully saturated rings. The van der Waals surface area contributed by atoms with Gasteiger partial charge in [-0.3, -0.25) is 4.79 Å². The van der Waals surface area contributed by atoms with E-state index in [0.717, 1.165) is 13.0 Å². The summed E-state index contributed by atoms with van der Waals surface area (Å²) in [5, 5.41) is 0. The molecule has 4 heteroatoms. The van der Waals surface area contributed by atoms with Crippen molar-refractivity contribution in [1.29, 1.82) is 0 Å². The van der Waals surface area contributed by atoms with Gasteiger partial charge in [0.25, 0.3) is 0 Å². The van der Waals surface area contributed by atoms with Crippen molar-refractivity contribution >= 4 is 5.91 Å². The zero-order valence-electron chi connectivity index (χ0n) is 9.45. The lowest BCUT2D eigenvalue weighted by molar-refractivity contribution is -0.132. The number of nitrogens with two attached hydrogens (primary N) is 1. The highest BCUT2D eigenvalue weighted by atomic mass is 16.5. The molecule has 0 saturated heterocycles. The maximum Gasteiger partial charge on any atom is 0.224 e. The van der Waals surface area contributed by atoms with Crippen LogP contribution in [-0.2, 0) is 9.53 Å². The average Bonchev–Trinajstić information content (AvgIpc) is 2.21. The summed E-state index contributed by atoms with van der Waals surface area (Å²) in [6.45, 7) is 5.71. The third-order valence-electron chi connectivity index (χ3n) is 2.20. The Morgan fingerprint density at radius 1 is 1.50 bits per heavy atom. The van der Waals surface area contributed by atoms with Gasteiger partial charge in [0.05, 0.1) is 13.0 Å². The molecule has 84 valence electrons. The molecule has 0 saturated carbocycles. The lowest BCUT2D eigenvalue weighted by atomic mass is 10.3. The van der Waals surface area contributed by atoms with Crippen molar-refractivity contribution in [2.24, 2.45) is 5.73 Å². The highest BCUT2D eigenvalue weighted by molar-refractivity contribution is 5.76. The number of carbonyl (C=O) groups excluding carboxylic acids is 1. The second kappa shape index (κ2) is 7.76. The molecule has 0 rings (SSSR count). The summed E-state index contributed by atoms with van der Waals surface area (Å²) < 4.78 is 5.24. The monoisotopic (exact) mass is 202 g/mol. The van der Waals surface area contributed by atoms with Crippen molar-refractivity contribution in [2.75, 3.05) is 26.8 Å². The van der Waals surface area contributed by atoms with Gasteiger partial charge in [0.2, 0.25) is 5.91 Å². The van der Waals surface area contributed by atoms with Gasteiger partial charge < -0.3 is 15.4 Å². The SMILES string of the molecule is CCCOCCC(=O)N(C)C(C)CN. The maximum atomic E-state index is 11.5. The van der Waals surface area contributed by atoms with E-state index < -0.39 is 0 Å². The van der Waals surface area contributed by atoms with Crippen LogP contribution < -0.4 is 5.73 Å². The van der Waals surface area contributed by atoms with Crippen molar-refractivity contribution in [3.63, 3.8) is 0 Å². The minimum absolute atomic E-state index is 0.0963. The Balaban J connectivity index is 3.62. The predicted molar refractivity (Wildman–Crippen MR) is 57.0 cm³/mol. The Morgan fingerprint density at radius 3 is 2.64 bits per heavy atom. The molecule has 2 N–H and O–H groups in total. The molecule has 1 amide bonds. The molecule has 4 nitrogen and oxygen atoms in total. The summed E-state index contributed by atoms with van der Waals surface area (Å²) in [4.78, 5) is 13.2. The third-order valence-corrected chi connectivity index (χ3v) is 2.20. The number of ether oxygens (including phenoxy) is 1. The molecule has 0 heterocycles. The van der Waals surface area contributed by atoms with Gasteiger partial charge in [0, 0.05) is 26.2 Å². The largest absolute Gasteiger partial charge is 0.381 e. The Morgan fingerprint density at radius 2 is 2.14 bits per heavy atom. The van der Waals surface area contributed by atoms with Crippen molar-refractivity contribution in [1.82, 2.24) is 4.90 Å². The van der Waals surface area contributed by atoms with E-state index in [4.69, 9.17) is 10.5 Å². The van der Waals surface area contributed by atoms with Gasteiger partial charge in [-0.1, -0.05) is 6.92 Å². The van der Waals surface area contributed by atoms with Crippen LogP contribution in [0.4, 0.5) is 0 Å². The van der Waals surface area contributed by atoms with Gasteiger partial charge in [-0.2, -0.15) is 0 Å². The lowest BCUT2D eigenvalue weighted by Gasteiger charge is -2.23. The molecule has 0 aliphatic carbocycles. The molecular weight excluding hydrogens is 180 g/mol. The van der Waals surface area contributed by atoms with E-state index >= 15 is 0 Å². The fourth-order valence-corrected chi connectivity index (χ4v) is 0.986. The number of rotatable bonds is 7. The van der Waals surface area contributed by atoms with Crippen molar-refractivity contribution < 1.29 is 9.53 Å². The summed E-state index contributed by atoms with van der Waals surface area (Å²) in [6.07, 6.45) is 1.43. The normalized spacial score (nSPS) is 12.6. The summed E-state index contributed by atoms with van der Waals surface area (Å²) in [5.74, 6) is 0.0963. The molecule has 0 aromatic carbocycles. The topological polar surface area (TPSA) is 55.6 Å². The second-order valence-electron chi connectivity index (χ2n) is 3.45. The number of hydrogen-bond acceptors (Lipinski definition) is 3. The molecule has 0 aliphatic rings. The predicted octanol–water partition coefficient (Wildman–Crippen LogP) is 0.609. The van der Waals surface area contributed by atoms with E-state index in [9.17, 15) is 4.79 Å². The van der Waals surface area contributed by atoms with Crippen molar-refractivity contribution in [3.8, 4) is 0 Å². The third kappa shape index (κ3) is 5.19. The standard InChI is InChI=1S/C10H22N2O2/c1-4-6-14-7-5-10(13)12(3)9(2)8-11/h9H,4-8,11H2,1-3H3. The highest BCUT2D eigenvalue weighted by Gasteiger charge is 2.13. The van der Waals surface area contributed by atoms with E-state index in [1.54, 1.807) is 11.9 Å². The maximum absolute atomic E-state index is 11.5. The molecule has 0 aromatic heterocycles. The summed E-state index contributed by atoms with van der Waals surface area (Å²) in [5.41, 5.74) is 5.46. The fourth-order valence-electron chi connectivity index (χ4n) is 0.986. The molecule has 14 heavy (non-hydrogen) atoms. The number of hydrogen-bond donors (Lipinski definition) is 1. The quantitative estimate of drug-likeness (QED) is 0.615. The molecule has 0 radical (unpaired) electrons. The first-order chi connectivity index (χ1) is 6.63. The minimum Gasteiger partial charge on any atom is -0.381 e. The van der Waals surface area contributed by atoms with E-state index in [2.05, 4.69) is 0 Å². The average molecular weight is 202 g/mol. The van der Waals surface area contributed by atoms with Crippen LogP contribution in [0.15, 0.2) is 0 Å². The number of nitrogens with zero attached hydrogens (tertiary/aromatic N) is 1. The number of amides is 1. The van der Waals surface area contributed by atoms with Crippen LogP contribution in [0, 0.1) is 0 Å². The molecular formula is C10H22N2O2. The van der Waals surface area contributed by atoms with E-state index in [0.29, 0.717) is 19.6 Å². The van der Waals surface area contributed by atoms with Crippen molar-refractivity contribution in [3.05, 3.63) is 0 Å². The van der Waals surface area contributed by atoms with Gasteiger partial charge in [-0.05, 0) is 13.3 Å². The van der Waals surface area contributed by atoms with Gasteiger partial charge in [0.15, 0.2) is 0 Å². The molecule has 1 atom stereocenters. The highest BCUT2D eigenvalue weighted by Crippen LogP contribution is 1.98. The Kier molecular flexibility index (Phi) is 7.42. The van der Waals surface area contributed by atoms with Crippen LogP contribution in [-0.4, -0.2) is 43.7 Å². The van der Waals surface area contributed by atoms with Gasteiger partial charge in [0.1, 0.15) is 0 Å². The molecule has 0 spiro atoms. The molecule has 0 aliphatic heterocycles. The van der Waals surface area contributed by atoms with E-state index in [1.165, 1.54) is 0 Å². The zero-order chi connectivity index (χ0) is 11.0. The molecule has 1 unspecified atom stereocenters. The number of carbonyl (C=O) groups is 1. The molecule has 0 aromatic rings. The number of likely N-dealkylation sites (N-methyl/N-ethyl adjacent to an activating group) is 1. The Hall–Kier alpha value is -0.610.